The Bertz CT molecular complexity index is 1010. The molecule has 0 atom stereocenters. The first-order chi connectivity index (χ1) is 13.4. The molecule has 1 saturated carbocycles. The maximum Gasteiger partial charge on any atom is 0.390 e. The number of aryl methyl sites for hydroxylation is 2. The minimum atomic E-state index is -4.38. The quantitative estimate of drug-likeness (QED) is 0.685. The van der Waals surface area contributed by atoms with Crippen LogP contribution in [0, 0.1) is 6.92 Å². The fourth-order valence-corrected chi connectivity index (χ4v) is 4.63. The molecule has 10 heteroatoms. The average molecular weight is 433 g/mol. The first-order valence-corrected chi connectivity index (χ1v) is 10.5. The predicted molar refractivity (Wildman–Crippen MR) is 108 cm³/mol. The number of aromatic nitrogens is 2. The van der Waals surface area contributed by atoms with Crippen LogP contribution in [0.4, 0.5) is 13.2 Å². The van der Waals surface area contributed by atoms with Crippen LogP contribution < -0.4 is 22.1 Å². The molecular weight excluding hydrogens is 405 g/mol. The molecule has 0 unspecified atom stereocenters. The summed E-state index contributed by atoms with van der Waals surface area (Å²) in [6.07, 6.45) is -3.18. The summed E-state index contributed by atoms with van der Waals surface area (Å²) in [5.41, 5.74) is 5.75. The molecule has 162 valence electrons. The van der Waals surface area contributed by atoms with E-state index in [-0.39, 0.29) is 17.1 Å². The lowest BCUT2D eigenvalue weighted by atomic mass is 9.93. The fourth-order valence-electron chi connectivity index (χ4n) is 3.37. The minimum absolute atomic E-state index is 0.170. The molecule has 0 aromatic carbocycles. The predicted octanol–water partition coefficient (Wildman–Crippen LogP) is 3.60. The number of nitrogens with zero attached hydrogens (tertiary/aromatic N) is 2. The number of hydrogen-bond donors (Lipinski definition) is 2. The van der Waals surface area contributed by atoms with E-state index < -0.39 is 24.8 Å². The van der Waals surface area contributed by atoms with Gasteiger partial charge in [0, 0.05) is 29.5 Å². The van der Waals surface area contributed by atoms with Crippen LogP contribution in [0.1, 0.15) is 62.9 Å². The van der Waals surface area contributed by atoms with Gasteiger partial charge in [0.15, 0.2) is 0 Å². The second kappa shape index (κ2) is 7.88. The Labute approximate surface area is 170 Å². The van der Waals surface area contributed by atoms with Crippen LogP contribution in [0.2, 0.25) is 0 Å². The van der Waals surface area contributed by atoms with E-state index in [1.807, 2.05) is 20.8 Å². The van der Waals surface area contributed by atoms with E-state index >= 15 is 0 Å². The van der Waals surface area contributed by atoms with Gasteiger partial charge in [-0.2, -0.15) is 13.2 Å². The molecule has 2 N–H and O–H groups in total. The molecule has 1 fully saturated rings. The van der Waals surface area contributed by atoms with Gasteiger partial charge in [-0.15, -0.1) is 11.3 Å². The van der Waals surface area contributed by atoms with E-state index in [1.165, 1.54) is 15.9 Å². The van der Waals surface area contributed by atoms with E-state index in [2.05, 4.69) is 10.9 Å². The fraction of sp³-hybridized carbons (Fsp3) is 0.684. The molecule has 3 rings (SSSR count). The van der Waals surface area contributed by atoms with Crippen molar-refractivity contribution >= 4 is 21.6 Å². The summed E-state index contributed by atoms with van der Waals surface area (Å²) in [6, 6.07) is -0.222. The second-order valence-corrected chi connectivity index (χ2v) is 9.70. The topological polar surface area (TPSA) is 68.1 Å². The van der Waals surface area contributed by atoms with Crippen LogP contribution in [-0.2, 0) is 13.1 Å². The lowest BCUT2D eigenvalue weighted by Crippen LogP contribution is -2.45. The molecule has 1 aliphatic rings. The smallest absolute Gasteiger partial charge is 0.284 e. The van der Waals surface area contributed by atoms with Gasteiger partial charge in [-0.3, -0.25) is 24.8 Å². The number of thiophene rings is 1. The SMILES string of the molecule is Cc1c(CNNC(C)(C)C)sc2c1c(=O)n(C1CCC1)c(=O)n2CCC(F)(F)F. The normalized spacial score (nSPS) is 15.8. The van der Waals surface area contributed by atoms with Gasteiger partial charge in [-0.1, -0.05) is 0 Å². The van der Waals surface area contributed by atoms with Gasteiger partial charge in [-0.25, -0.2) is 4.79 Å². The average Bonchev–Trinajstić information content (AvgIpc) is 2.84. The molecule has 0 amide bonds. The lowest BCUT2D eigenvalue weighted by molar-refractivity contribution is -0.136. The van der Waals surface area contributed by atoms with Gasteiger partial charge in [-0.05, 0) is 52.5 Å². The number of nitrogens with one attached hydrogen (secondary N) is 2. The Morgan fingerprint density at radius 2 is 1.83 bits per heavy atom. The Balaban J connectivity index is 2.09. The third-order valence-electron chi connectivity index (χ3n) is 5.11. The summed E-state index contributed by atoms with van der Waals surface area (Å²) in [6.45, 7) is 7.67. The molecule has 0 saturated heterocycles. The first kappa shape index (κ1) is 22.0. The molecule has 2 aromatic heterocycles. The highest BCUT2D eigenvalue weighted by Crippen LogP contribution is 2.32. The third kappa shape index (κ3) is 4.75. The number of hydrazine groups is 1. The van der Waals surface area contributed by atoms with Crippen LogP contribution in [0.15, 0.2) is 9.59 Å². The summed E-state index contributed by atoms with van der Waals surface area (Å²) < 4.78 is 40.9. The van der Waals surface area contributed by atoms with Crippen LogP contribution in [-0.4, -0.2) is 20.8 Å². The van der Waals surface area contributed by atoms with Crippen molar-refractivity contribution in [3.63, 3.8) is 0 Å². The Kier molecular flexibility index (Phi) is 5.99. The highest BCUT2D eigenvalue weighted by atomic mass is 32.1. The van der Waals surface area contributed by atoms with Crippen LogP contribution in [0.25, 0.3) is 10.2 Å². The number of rotatable bonds is 6. The van der Waals surface area contributed by atoms with Crippen molar-refractivity contribution in [2.45, 2.75) is 84.2 Å². The molecule has 0 spiro atoms. The molecule has 0 aliphatic heterocycles. The van der Waals surface area contributed by atoms with Gasteiger partial charge < -0.3 is 0 Å². The van der Waals surface area contributed by atoms with Crippen molar-refractivity contribution in [3.8, 4) is 0 Å². The summed E-state index contributed by atoms with van der Waals surface area (Å²) >= 11 is 1.21. The lowest BCUT2D eigenvalue weighted by Gasteiger charge is -2.27. The third-order valence-corrected chi connectivity index (χ3v) is 6.43. The van der Waals surface area contributed by atoms with Gasteiger partial charge in [0.05, 0.1) is 11.8 Å². The number of fused-ring (bicyclic) bond motifs is 1. The van der Waals surface area contributed by atoms with E-state index in [1.54, 1.807) is 6.92 Å². The van der Waals surface area contributed by atoms with Crippen molar-refractivity contribution in [1.82, 2.24) is 20.0 Å². The monoisotopic (exact) mass is 432 g/mol. The standard InChI is InChI=1S/C19H27F3N4O2S/c1-11-13(10-23-24-18(2,3)4)29-16-14(11)15(27)26(12-6-5-7-12)17(28)25(16)9-8-19(20,21)22/h12,23-24H,5-10H2,1-4H3. The van der Waals surface area contributed by atoms with Crippen LogP contribution in [0.5, 0.6) is 0 Å². The van der Waals surface area contributed by atoms with Crippen molar-refractivity contribution in [2.24, 2.45) is 0 Å². The van der Waals surface area contributed by atoms with Gasteiger partial charge >= 0.3 is 11.9 Å². The molecular formula is C19H27F3N4O2S. The molecule has 2 heterocycles. The van der Waals surface area contributed by atoms with Gasteiger partial charge in [0.1, 0.15) is 4.83 Å². The van der Waals surface area contributed by atoms with E-state index in [0.717, 1.165) is 15.9 Å². The molecule has 6 nitrogen and oxygen atoms in total. The Hall–Kier alpha value is -1.65. The van der Waals surface area contributed by atoms with Crippen molar-refractivity contribution < 1.29 is 13.2 Å². The summed E-state index contributed by atoms with van der Waals surface area (Å²) in [5.74, 6) is 0. The Morgan fingerprint density at radius 3 is 2.34 bits per heavy atom. The minimum Gasteiger partial charge on any atom is -0.284 e. The zero-order valence-electron chi connectivity index (χ0n) is 17.1. The number of halogens is 3. The zero-order valence-corrected chi connectivity index (χ0v) is 17.9. The number of hydrogen-bond acceptors (Lipinski definition) is 5. The van der Waals surface area contributed by atoms with Crippen molar-refractivity contribution in [2.75, 3.05) is 0 Å². The first-order valence-electron chi connectivity index (χ1n) is 9.73. The number of alkyl halides is 3. The molecule has 1 aliphatic carbocycles. The van der Waals surface area contributed by atoms with E-state index in [9.17, 15) is 22.8 Å². The van der Waals surface area contributed by atoms with Crippen molar-refractivity contribution in [3.05, 3.63) is 31.3 Å². The van der Waals surface area contributed by atoms with Crippen LogP contribution in [0.3, 0.4) is 0 Å². The molecule has 0 radical (unpaired) electrons. The summed E-state index contributed by atoms with van der Waals surface area (Å²) in [5, 5.41) is 0.358. The maximum atomic E-state index is 13.1. The second-order valence-electron chi connectivity index (χ2n) is 8.62. The molecule has 0 bridgehead atoms. The highest BCUT2D eigenvalue weighted by Gasteiger charge is 2.31. The van der Waals surface area contributed by atoms with E-state index in [4.69, 9.17) is 0 Å². The molecule has 2 aromatic rings. The van der Waals surface area contributed by atoms with Crippen molar-refractivity contribution in [1.29, 1.82) is 0 Å². The largest absolute Gasteiger partial charge is 0.390 e. The zero-order chi connectivity index (χ0) is 21.6. The highest BCUT2D eigenvalue weighted by molar-refractivity contribution is 7.18. The maximum absolute atomic E-state index is 13.1. The summed E-state index contributed by atoms with van der Waals surface area (Å²) in [7, 11) is 0. The van der Waals surface area contributed by atoms with Crippen LogP contribution >= 0.6 is 11.3 Å². The Morgan fingerprint density at radius 1 is 1.17 bits per heavy atom. The van der Waals surface area contributed by atoms with Gasteiger partial charge in [0.25, 0.3) is 5.56 Å². The summed E-state index contributed by atoms with van der Waals surface area (Å²) in [4.78, 5) is 27.2. The molecule has 29 heavy (non-hydrogen) atoms. The van der Waals surface area contributed by atoms with Gasteiger partial charge in [0.2, 0.25) is 0 Å². The van der Waals surface area contributed by atoms with E-state index in [0.29, 0.717) is 35.2 Å².